The molecule has 0 saturated heterocycles. The Labute approximate surface area is 212 Å². The molecule has 0 fully saturated rings. The quantitative estimate of drug-likeness (QED) is 0.323. The van der Waals surface area contributed by atoms with E-state index >= 15 is 0 Å². The fourth-order valence-electron chi connectivity index (χ4n) is 3.88. The number of hydrogen-bond donors (Lipinski definition) is 1. The van der Waals surface area contributed by atoms with Gasteiger partial charge in [0.05, 0.1) is 12.0 Å². The first-order valence-corrected chi connectivity index (χ1v) is 13.5. The van der Waals surface area contributed by atoms with Crippen molar-refractivity contribution in [1.29, 1.82) is 0 Å². The van der Waals surface area contributed by atoms with Crippen LogP contribution < -0.4 is 4.72 Å². The number of esters is 1. The minimum atomic E-state index is -3.67. The molecule has 0 bridgehead atoms. The summed E-state index contributed by atoms with van der Waals surface area (Å²) in [5, 5.41) is 0.485. The van der Waals surface area contributed by atoms with Gasteiger partial charge in [-0.05, 0) is 78.1 Å². The number of carbonyl (C=O) groups excluding carboxylic acids is 1. The van der Waals surface area contributed by atoms with Crippen molar-refractivity contribution in [2.75, 3.05) is 13.7 Å². The number of sulfonamides is 1. The molecule has 0 spiro atoms. The predicted molar refractivity (Wildman–Crippen MR) is 138 cm³/mol. The average molecular weight is 515 g/mol. The third kappa shape index (κ3) is 8.16. The van der Waals surface area contributed by atoms with Crippen LogP contribution >= 0.6 is 11.6 Å². The van der Waals surface area contributed by atoms with E-state index < -0.39 is 10.0 Å². The van der Waals surface area contributed by atoms with Crippen LogP contribution in [0.2, 0.25) is 5.02 Å². The molecule has 0 aliphatic rings. The van der Waals surface area contributed by atoms with Crippen LogP contribution in [0.3, 0.4) is 0 Å². The molecule has 1 N–H and O–H groups in total. The number of benzene rings is 2. The van der Waals surface area contributed by atoms with E-state index in [1.165, 1.54) is 19.2 Å². The Morgan fingerprint density at radius 3 is 2.37 bits per heavy atom. The van der Waals surface area contributed by atoms with Crippen LogP contribution in [0, 0.1) is 0 Å². The Morgan fingerprint density at radius 2 is 1.74 bits per heavy atom. The maximum absolute atomic E-state index is 12.9. The summed E-state index contributed by atoms with van der Waals surface area (Å²) >= 11 is 5.91. The number of aromatic nitrogens is 1. The van der Waals surface area contributed by atoms with Gasteiger partial charge in [0.1, 0.15) is 0 Å². The van der Waals surface area contributed by atoms with Crippen LogP contribution in [0.15, 0.2) is 78.0 Å². The van der Waals surface area contributed by atoms with Crippen LogP contribution in [0.4, 0.5) is 0 Å². The molecule has 6 nitrogen and oxygen atoms in total. The number of carbonyl (C=O) groups is 1. The molecular formula is C27H31ClN2O4S. The van der Waals surface area contributed by atoms with Crippen LogP contribution in [-0.4, -0.2) is 33.0 Å². The van der Waals surface area contributed by atoms with Crippen molar-refractivity contribution >= 4 is 27.6 Å². The van der Waals surface area contributed by atoms with Gasteiger partial charge in [-0.1, -0.05) is 48.9 Å². The van der Waals surface area contributed by atoms with Crippen molar-refractivity contribution in [1.82, 2.24) is 9.71 Å². The van der Waals surface area contributed by atoms with E-state index in [9.17, 15) is 13.2 Å². The van der Waals surface area contributed by atoms with Crippen molar-refractivity contribution in [3.63, 3.8) is 0 Å². The van der Waals surface area contributed by atoms with Gasteiger partial charge >= 0.3 is 5.97 Å². The van der Waals surface area contributed by atoms with Crippen molar-refractivity contribution in [2.45, 2.75) is 49.3 Å². The first kappa shape index (κ1) is 26.9. The largest absolute Gasteiger partial charge is 0.469 e. The number of ether oxygens (including phenoxy) is 1. The number of nitrogens with zero attached hydrogens (tertiary/aromatic N) is 1. The van der Waals surface area contributed by atoms with Crippen LogP contribution in [0.1, 0.15) is 54.7 Å². The minimum absolute atomic E-state index is 0.0224. The summed E-state index contributed by atoms with van der Waals surface area (Å²) in [5.41, 5.74) is 3.23. The lowest BCUT2D eigenvalue weighted by atomic mass is 9.88. The second-order valence-corrected chi connectivity index (χ2v) is 10.8. The first-order chi connectivity index (χ1) is 16.8. The Kier molecular flexibility index (Phi) is 9.83. The first-order valence-electron chi connectivity index (χ1n) is 11.6. The standard InChI is InChI=1S/C27H31ClN2O4S/c1-20(23-4-3-17-29-18-23)5-9-24(19-30-35(32,33)26-14-12-25(28)13-15-26)22-10-6-21(7-11-22)8-16-27(31)34-2/h3-4,6-7,10-15,17-18,20,24,30H,5,8-9,16,19H2,1-2H3. The molecule has 2 aromatic carbocycles. The third-order valence-electron chi connectivity index (χ3n) is 6.14. The van der Waals surface area contributed by atoms with Crippen LogP contribution in [0.5, 0.6) is 0 Å². The van der Waals surface area contributed by atoms with Gasteiger partial charge in [0.15, 0.2) is 0 Å². The summed E-state index contributed by atoms with van der Waals surface area (Å²) in [7, 11) is -2.29. The Morgan fingerprint density at radius 1 is 1.03 bits per heavy atom. The Balaban J connectivity index is 1.73. The van der Waals surface area contributed by atoms with Gasteiger partial charge in [0.2, 0.25) is 10.0 Å². The van der Waals surface area contributed by atoms with Crippen molar-refractivity contribution < 1.29 is 17.9 Å². The highest BCUT2D eigenvalue weighted by atomic mass is 35.5. The number of aryl methyl sites for hydroxylation is 1. The summed E-state index contributed by atoms with van der Waals surface area (Å²) in [6.45, 7) is 2.42. The highest BCUT2D eigenvalue weighted by molar-refractivity contribution is 7.89. The summed E-state index contributed by atoms with van der Waals surface area (Å²) < 4.78 is 33.2. The Bertz CT molecular complexity index is 1180. The zero-order chi connectivity index (χ0) is 25.3. The molecule has 2 unspecified atom stereocenters. The summed E-state index contributed by atoms with van der Waals surface area (Å²) in [6.07, 6.45) is 6.22. The zero-order valence-corrected chi connectivity index (χ0v) is 21.6. The smallest absolute Gasteiger partial charge is 0.305 e. The second kappa shape index (κ2) is 12.8. The second-order valence-electron chi connectivity index (χ2n) is 8.59. The number of nitrogens with one attached hydrogen (secondary N) is 1. The number of hydrogen-bond acceptors (Lipinski definition) is 5. The van der Waals surface area contributed by atoms with Crippen LogP contribution in [-0.2, 0) is 26.0 Å². The molecule has 35 heavy (non-hydrogen) atoms. The van der Waals surface area contributed by atoms with Crippen LogP contribution in [0.25, 0.3) is 0 Å². The van der Waals surface area contributed by atoms with Crippen molar-refractivity contribution in [3.05, 3.63) is 94.8 Å². The molecule has 8 heteroatoms. The molecule has 0 aliphatic carbocycles. The molecule has 0 saturated carbocycles. The van der Waals surface area contributed by atoms with Gasteiger partial charge in [0.25, 0.3) is 0 Å². The fourth-order valence-corrected chi connectivity index (χ4v) is 5.09. The van der Waals surface area contributed by atoms with E-state index in [2.05, 4.69) is 22.7 Å². The summed E-state index contributed by atoms with van der Waals surface area (Å²) in [6, 6.07) is 18.1. The molecule has 3 rings (SSSR count). The van der Waals surface area contributed by atoms with E-state index in [1.54, 1.807) is 18.3 Å². The SMILES string of the molecule is COC(=O)CCc1ccc(C(CCC(C)c2cccnc2)CNS(=O)(=O)c2ccc(Cl)cc2)cc1. The monoisotopic (exact) mass is 514 g/mol. The summed E-state index contributed by atoms with van der Waals surface area (Å²) in [4.78, 5) is 15.8. The number of rotatable bonds is 12. The Hall–Kier alpha value is -2.74. The van der Waals surface area contributed by atoms with Gasteiger partial charge < -0.3 is 4.74 Å². The molecule has 2 atom stereocenters. The molecule has 0 radical (unpaired) electrons. The lowest BCUT2D eigenvalue weighted by molar-refractivity contribution is -0.140. The van der Waals surface area contributed by atoms with E-state index in [1.807, 2.05) is 36.5 Å². The zero-order valence-electron chi connectivity index (χ0n) is 20.0. The van der Waals surface area contributed by atoms with E-state index in [0.29, 0.717) is 23.8 Å². The topological polar surface area (TPSA) is 85.4 Å². The van der Waals surface area contributed by atoms with Crippen molar-refractivity contribution in [2.24, 2.45) is 0 Å². The summed E-state index contributed by atoms with van der Waals surface area (Å²) in [5.74, 6) is 0.0252. The average Bonchev–Trinajstić information content (AvgIpc) is 2.88. The van der Waals surface area contributed by atoms with Gasteiger partial charge in [-0.2, -0.15) is 0 Å². The van der Waals surface area contributed by atoms with Gasteiger partial charge in [-0.3, -0.25) is 9.78 Å². The van der Waals surface area contributed by atoms with Gasteiger partial charge in [-0.15, -0.1) is 0 Å². The lowest BCUT2D eigenvalue weighted by Crippen LogP contribution is -2.28. The molecule has 1 heterocycles. The molecule has 3 aromatic rings. The van der Waals surface area contributed by atoms with Crippen molar-refractivity contribution in [3.8, 4) is 0 Å². The number of halogens is 1. The molecule has 186 valence electrons. The van der Waals surface area contributed by atoms with E-state index in [4.69, 9.17) is 16.3 Å². The maximum Gasteiger partial charge on any atom is 0.305 e. The molecule has 0 amide bonds. The molecule has 1 aromatic heterocycles. The van der Waals surface area contributed by atoms with Gasteiger partial charge in [-0.25, -0.2) is 13.1 Å². The number of methoxy groups -OCH3 is 1. The number of pyridine rings is 1. The maximum atomic E-state index is 12.9. The molecular weight excluding hydrogens is 484 g/mol. The minimum Gasteiger partial charge on any atom is -0.469 e. The normalized spacial score (nSPS) is 13.2. The van der Waals surface area contributed by atoms with E-state index in [0.717, 1.165) is 29.5 Å². The highest BCUT2D eigenvalue weighted by Gasteiger charge is 2.20. The highest BCUT2D eigenvalue weighted by Crippen LogP contribution is 2.28. The van der Waals surface area contributed by atoms with Gasteiger partial charge in [0, 0.05) is 30.4 Å². The molecule has 0 aliphatic heterocycles. The third-order valence-corrected chi connectivity index (χ3v) is 7.83. The fraction of sp³-hybridized carbons (Fsp3) is 0.333. The van der Waals surface area contributed by atoms with E-state index in [-0.39, 0.29) is 23.3 Å². The lowest BCUT2D eigenvalue weighted by Gasteiger charge is -2.21. The predicted octanol–water partition coefficient (Wildman–Crippen LogP) is 5.49.